The average molecular weight is 191 g/mol. The number of nitrogens with two attached hydrogens (primary N) is 1. The summed E-state index contributed by atoms with van der Waals surface area (Å²) >= 11 is 0. The van der Waals surface area contributed by atoms with Gasteiger partial charge in [-0.1, -0.05) is 6.07 Å². The highest BCUT2D eigenvalue weighted by atomic mass is 16.3. The highest BCUT2D eigenvalue weighted by Gasteiger charge is 2.12. The maximum absolute atomic E-state index is 9.61. The van der Waals surface area contributed by atoms with Crippen LogP contribution in [0.15, 0.2) is 18.2 Å². The van der Waals surface area contributed by atoms with E-state index in [1.807, 2.05) is 19.9 Å². The summed E-state index contributed by atoms with van der Waals surface area (Å²) in [5, 5.41) is 14.6. The van der Waals surface area contributed by atoms with Crippen LogP contribution < -0.4 is 5.73 Å². The Balaban J connectivity index is 2.81. The molecule has 4 heteroatoms. The van der Waals surface area contributed by atoms with E-state index in [-0.39, 0.29) is 11.8 Å². The van der Waals surface area contributed by atoms with Crippen molar-refractivity contribution in [2.24, 2.45) is 0 Å². The van der Waals surface area contributed by atoms with Crippen molar-refractivity contribution in [3.05, 3.63) is 18.2 Å². The minimum absolute atomic E-state index is 0.187. The standard InChI is InChI=1S/C10H13N3O/c1-6(2)13-10(11)9-7(12-13)4-3-5-8(9)14/h3-6,14H,11H2,1-2H3. The molecule has 0 saturated carbocycles. The zero-order chi connectivity index (χ0) is 10.3. The molecule has 2 aromatic rings. The lowest BCUT2D eigenvalue weighted by Gasteiger charge is -2.06. The smallest absolute Gasteiger partial charge is 0.133 e. The molecule has 0 aliphatic carbocycles. The Morgan fingerprint density at radius 1 is 1.43 bits per heavy atom. The minimum atomic E-state index is 0.187. The zero-order valence-electron chi connectivity index (χ0n) is 8.23. The number of benzene rings is 1. The SMILES string of the molecule is CC(C)n1nc2cccc(O)c2c1N. The van der Waals surface area contributed by atoms with Crippen LogP contribution in [0.5, 0.6) is 5.75 Å². The van der Waals surface area contributed by atoms with Gasteiger partial charge in [0.1, 0.15) is 11.6 Å². The van der Waals surface area contributed by atoms with Gasteiger partial charge in [-0.05, 0) is 26.0 Å². The Bertz CT molecular complexity index is 473. The van der Waals surface area contributed by atoms with Crippen LogP contribution in [0.4, 0.5) is 5.82 Å². The van der Waals surface area contributed by atoms with Gasteiger partial charge < -0.3 is 10.8 Å². The lowest BCUT2D eigenvalue weighted by molar-refractivity contribution is 0.481. The van der Waals surface area contributed by atoms with Crippen molar-refractivity contribution in [2.45, 2.75) is 19.9 Å². The van der Waals surface area contributed by atoms with Gasteiger partial charge in [-0.25, -0.2) is 4.68 Å². The molecule has 0 bridgehead atoms. The highest BCUT2D eigenvalue weighted by Crippen LogP contribution is 2.30. The summed E-state index contributed by atoms with van der Waals surface area (Å²) in [6.07, 6.45) is 0. The van der Waals surface area contributed by atoms with E-state index >= 15 is 0 Å². The Hall–Kier alpha value is -1.71. The van der Waals surface area contributed by atoms with E-state index in [4.69, 9.17) is 5.73 Å². The van der Waals surface area contributed by atoms with Crippen LogP contribution in [0.25, 0.3) is 10.9 Å². The fourth-order valence-corrected chi connectivity index (χ4v) is 1.55. The molecule has 74 valence electrons. The number of hydrogen-bond acceptors (Lipinski definition) is 3. The number of phenolic OH excluding ortho intramolecular Hbond substituents is 1. The van der Waals surface area contributed by atoms with Gasteiger partial charge in [0.25, 0.3) is 0 Å². The van der Waals surface area contributed by atoms with E-state index in [1.165, 1.54) is 0 Å². The summed E-state index contributed by atoms with van der Waals surface area (Å²) in [4.78, 5) is 0. The Kier molecular flexibility index (Phi) is 1.84. The van der Waals surface area contributed by atoms with Crippen molar-refractivity contribution in [2.75, 3.05) is 5.73 Å². The number of nitrogens with zero attached hydrogens (tertiary/aromatic N) is 2. The topological polar surface area (TPSA) is 64.1 Å². The number of hydrogen-bond donors (Lipinski definition) is 2. The molecular formula is C10H13N3O. The summed E-state index contributed by atoms with van der Waals surface area (Å²) in [7, 11) is 0. The first-order chi connectivity index (χ1) is 6.61. The van der Waals surface area contributed by atoms with Gasteiger partial charge in [0.05, 0.1) is 10.9 Å². The first-order valence-corrected chi connectivity index (χ1v) is 4.57. The first-order valence-electron chi connectivity index (χ1n) is 4.57. The van der Waals surface area contributed by atoms with E-state index in [1.54, 1.807) is 16.8 Å². The summed E-state index contributed by atoms with van der Waals surface area (Å²) in [5.74, 6) is 0.708. The van der Waals surface area contributed by atoms with E-state index in [2.05, 4.69) is 5.10 Å². The number of aromatic nitrogens is 2. The van der Waals surface area contributed by atoms with Crippen LogP contribution in [0.2, 0.25) is 0 Å². The molecule has 14 heavy (non-hydrogen) atoms. The summed E-state index contributed by atoms with van der Waals surface area (Å²) in [6, 6.07) is 5.41. The average Bonchev–Trinajstić information content (AvgIpc) is 2.45. The lowest BCUT2D eigenvalue weighted by Crippen LogP contribution is -2.06. The van der Waals surface area contributed by atoms with Crippen molar-refractivity contribution in [1.29, 1.82) is 0 Å². The van der Waals surface area contributed by atoms with E-state index in [9.17, 15) is 5.11 Å². The molecular weight excluding hydrogens is 178 g/mol. The van der Waals surface area contributed by atoms with Crippen LogP contribution in [0.3, 0.4) is 0 Å². The second kappa shape index (κ2) is 2.90. The molecule has 0 radical (unpaired) electrons. The third-order valence-electron chi connectivity index (χ3n) is 2.23. The zero-order valence-corrected chi connectivity index (χ0v) is 8.23. The number of nitrogen functional groups attached to an aromatic ring is 1. The van der Waals surface area contributed by atoms with Gasteiger partial charge in [-0.2, -0.15) is 5.10 Å². The van der Waals surface area contributed by atoms with Crippen molar-refractivity contribution in [1.82, 2.24) is 9.78 Å². The van der Waals surface area contributed by atoms with Gasteiger partial charge in [0, 0.05) is 6.04 Å². The Morgan fingerprint density at radius 2 is 2.14 bits per heavy atom. The van der Waals surface area contributed by atoms with Crippen molar-refractivity contribution in [3.63, 3.8) is 0 Å². The van der Waals surface area contributed by atoms with E-state index in [0.717, 1.165) is 5.52 Å². The maximum Gasteiger partial charge on any atom is 0.133 e. The van der Waals surface area contributed by atoms with Gasteiger partial charge >= 0.3 is 0 Å². The van der Waals surface area contributed by atoms with Crippen molar-refractivity contribution >= 4 is 16.7 Å². The number of fused-ring (bicyclic) bond motifs is 1. The predicted octanol–water partition coefficient (Wildman–Crippen LogP) is 1.90. The van der Waals surface area contributed by atoms with Crippen LogP contribution in [-0.4, -0.2) is 14.9 Å². The molecule has 4 nitrogen and oxygen atoms in total. The molecule has 0 spiro atoms. The van der Waals surface area contributed by atoms with Gasteiger partial charge in [0.2, 0.25) is 0 Å². The predicted molar refractivity (Wildman–Crippen MR) is 56.2 cm³/mol. The normalized spacial score (nSPS) is 11.4. The molecule has 0 aliphatic heterocycles. The van der Waals surface area contributed by atoms with E-state index < -0.39 is 0 Å². The van der Waals surface area contributed by atoms with Crippen LogP contribution in [0.1, 0.15) is 19.9 Å². The third kappa shape index (κ3) is 1.11. The summed E-state index contributed by atoms with van der Waals surface area (Å²) in [5.41, 5.74) is 6.61. The second-order valence-electron chi connectivity index (χ2n) is 3.59. The fourth-order valence-electron chi connectivity index (χ4n) is 1.55. The molecule has 1 heterocycles. The molecule has 1 aromatic heterocycles. The molecule has 2 rings (SSSR count). The van der Waals surface area contributed by atoms with Crippen molar-refractivity contribution < 1.29 is 5.11 Å². The second-order valence-corrected chi connectivity index (χ2v) is 3.59. The van der Waals surface area contributed by atoms with Gasteiger partial charge in [-0.15, -0.1) is 0 Å². The Labute approximate surface area is 81.9 Å². The maximum atomic E-state index is 9.61. The molecule has 1 aromatic carbocycles. The van der Waals surface area contributed by atoms with Gasteiger partial charge in [0.15, 0.2) is 0 Å². The summed E-state index contributed by atoms with van der Waals surface area (Å²) < 4.78 is 1.71. The molecule has 0 atom stereocenters. The van der Waals surface area contributed by atoms with Crippen LogP contribution in [-0.2, 0) is 0 Å². The molecule has 0 saturated heterocycles. The van der Waals surface area contributed by atoms with Crippen molar-refractivity contribution in [3.8, 4) is 5.75 Å². The number of phenols is 1. The summed E-state index contributed by atoms with van der Waals surface area (Å²) in [6.45, 7) is 4.00. The number of aromatic hydroxyl groups is 1. The van der Waals surface area contributed by atoms with E-state index in [0.29, 0.717) is 11.2 Å². The first kappa shape index (κ1) is 8.87. The third-order valence-corrected chi connectivity index (χ3v) is 2.23. The monoisotopic (exact) mass is 191 g/mol. The fraction of sp³-hybridized carbons (Fsp3) is 0.300. The largest absolute Gasteiger partial charge is 0.507 e. The molecule has 0 amide bonds. The Morgan fingerprint density at radius 3 is 2.71 bits per heavy atom. The minimum Gasteiger partial charge on any atom is -0.507 e. The molecule has 0 unspecified atom stereocenters. The lowest BCUT2D eigenvalue weighted by atomic mass is 10.2. The van der Waals surface area contributed by atoms with Crippen LogP contribution in [0, 0.1) is 0 Å². The quantitative estimate of drug-likeness (QED) is 0.723. The number of rotatable bonds is 1. The highest BCUT2D eigenvalue weighted by molar-refractivity contribution is 5.94. The van der Waals surface area contributed by atoms with Gasteiger partial charge in [-0.3, -0.25) is 0 Å². The molecule has 3 N–H and O–H groups in total. The van der Waals surface area contributed by atoms with Crippen LogP contribution >= 0.6 is 0 Å². The molecule has 0 fully saturated rings. The number of anilines is 1. The molecule has 0 aliphatic rings.